The Labute approximate surface area is 155 Å². The fourth-order valence-corrected chi connectivity index (χ4v) is 3.02. The van der Waals surface area contributed by atoms with Crippen molar-refractivity contribution in [1.29, 1.82) is 0 Å². The number of nitrogens with zero attached hydrogens (tertiary/aromatic N) is 1. The van der Waals surface area contributed by atoms with Gasteiger partial charge >= 0.3 is 0 Å². The molecular weight excluding hydrogens is 359 g/mol. The molecule has 0 aliphatic carbocycles. The highest BCUT2D eigenvalue weighted by Gasteiger charge is 2.19. The van der Waals surface area contributed by atoms with Crippen molar-refractivity contribution in [3.8, 4) is 5.75 Å². The van der Waals surface area contributed by atoms with Crippen molar-refractivity contribution >= 4 is 29.1 Å². The molecule has 1 N–H and O–H groups in total. The largest absolute Gasteiger partial charge is 0.484 e. The average Bonchev–Trinajstić information content (AvgIpc) is 3.14. The molecule has 26 heavy (non-hydrogen) atoms. The molecule has 0 bridgehead atoms. The van der Waals surface area contributed by atoms with E-state index in [-0.39, 0.29) is 23.1 Å². The van der Waals surface area contributed by atoms with Gasteiger partial charge in [0.15, 0.2) is 6.61 Å². The first-order valence-electron chi connectivity index (χ1n) is 8.30. The summed E-state index contributed by atoms with van der Waals surface area (Å²) in [7, 11) is 0. The van der Waals surface area contributed by atoms with E-state index in [4.69, 9.17) is 16.3 Å². The number of hydrogen-bond acceptors (Lipinski definition) is 3. The van der Waals surface area contributed by atoms with Crippen LogP contribution in [0.15, 0.2) is 42.5 Å². The number of amides is 2. The predicted octanol–water partition coefficient (Wildman–Crippen LogP) is 3.73. The molecule has 2 aromatic carbocycles. The molecule has 0 radical (unpaired) electrons. The number of halogens is 2. The summed E-state index contributed by atoms with van der Waals surface area (Å²) in [4.78, 5) is 26.1. The Morgan fingerprint density at radius 1 is 1.15 bits per heavy atom. The van der Waals surface area contributed by atoms with E-state index in [2.05, 4.69) is 5.32 Å². The third kappa shape index (κ3) is 4.32. The Kier molecular flexibility index (Phi) is 5.73. The molecule has 2 amide bonds. The molecule has 0 saturated carbocycles. The van der Waals surface area contributed by atoms with Gasteiger partial charge in [0.1, 0.15) is 11.6 Å². The second-order valence-corrected chi connectivity index (χ2v) is 6.36. The van der Waals surface area contributed by atoms with Crippen LogP contribution in [0.4, 0.5) is 10.1 Å². The number of rotatable bonds is 5. The molecule has 5 nitrogen and oxygen atoms in total. The fourth-order valence-electron chi connectivity index (χ4n) is 2.77. The maximum atomic E-state index is 13.8. The summed E-state index contributed by atoms with van der Waals surface area (Å²) in [6.07, 6.45) is 2.04. The lowest BCUT2D eigenvalue weighted by molar-refractivity contribution is -0.132. The van der Waals surface area contributed by atoms with E-state index < -0.39 is 11.7 Å². The van der Waals surface area contributed by atoms with Gasteiger partial charge in [-0.2, -0.15) is 0 Å². The standard InChI is InChI=1S/C19H18ClFN2O3/c20-15-7-4-8-16(21)18(15)19(25)22-13-5-3-6-14(11-13)26-12-17(24)23-9-1-2-10-23/h3-8,11H,1-2,9-10,12H2,(H,22,25). The van der Waals surface area contributed by atoms with E-state index >= 15 is 0 Å². The van der Waals surface area contributed by atoms with Crippen molar-refractivity contribution in [2.75, 3.05) is 25.0 Å². The van der Waals surface area contributed by atoms with Gasteiger partial charge in [-0.05, 0) is 37.1 Å². The number of benzene rings is 2. The van der Waals surface area contributed by atoms with E-state index in [9.17, 15) is 14.0 Å². The molecule has 3 rings (SSSR count). The average molecular weight is 377 g/mol. The van der Waals surface area contributed by atoms with Crippen molar-refractivity contribution in [3.63, 3.8) is 0 Å². The van der Waals surface area contributed by atoms with Crippen LogP contribution in [0.25, 0.3) is 0 Å². The van der Waals surface area contributed by atoms with E-state index in [0.717, 1.165) is 25.9 Å². The zero-order valence-electron chi connectivity index (χ0n) is 14.0. The number of carbonyl (C=O) groups excluding carboxylic acids is 2. The van der Waals surface area contributed by atoms with Crippen LogP contribution in [0.5, 0.6) is 5.75 Å². The summed E-state index contributed by atoms with van der Waals surface area (Å²) >= 11 is 5.90. The van der Waals surface area contributed by atoms with Crippen LogP contribution in [0.1, 0.15) is 23.2 Å². The quantitative estimate of drug-likeness (QED) is 0.865. The Morgan fingerprint density at radius 3 is 2.62 bits per heavy atom. The third-order valence-electron chi connectivity index (χ3n) is 4.10. The maximum absolute atomic E-state index is 13.8. The lowest BCUT2D eigenvalue weighted by Gasteiger charge is -2.16. The smallest absolute Gasteiger partial charge is 0.260 e. The lowest BCUT2D eigenvalue weighted by Crippen LogP contribution is -2.32. The Bertz CT molecular complexity index is 802. The first-order chi connectivity index (χ1) is 12.5. The first kappa shape index (κ1) is 18.2. The number of likely N-dealkylation sites (tertiary alicyclic amines) is 1. The Morgan fingerprint density at radius 2 is 1.88 bits per heavy atom. The molecule has 1 aliphatic heterocycles. The van der Waals surface area contributed by atoms with Crippen LogP contribution < -0.4 is 10.1 Å². The summed E-state index contributed by atoms with van der Waals surface area (Å²) in [6, 6.07) is 10.6. The second kappa shape index (κ2) is 8.19. The zero-order valence-corrected chi connectivity index (χ0v) is 14.8. The molecule has 0 aromatic heterocycles. The molecule has 136 valence electrons. The van der Waals surface area contributed by atoms with Gasteiger partial charge in [-0.3, -0.25) is 9.59 Å². The van der Waals surface area contributed by atoms with E-state index in [0.29, 0.717) is 11.4 Å². The van der Waals surface area contributed by atoms with Crippen LogP contribution in [-0.4, -0.2) is 36.4 Å². The predicted molar refractivity (Wildman–Crippen MR) is 97.1 cm³/mol. The summed E-state index contributed by atoms with van der Waals surface area (Å²) in [5.74, 6) is -0.970. The van der Waals surface area contributed by atoms with Gasteiger partial charge in [-0.15, -0.1) is 0 Å². The highest BCUT2D eigenvalue weighted by molar-refractivity contribution is 6.34. The number of nitrogens with one attached hydrogen (secondary N) is 1. The Balaban J connectivity index is 1.63. The SMILES string of the molecule is O=C(Nc1cccc(OCC(=O)N2CCCC2)c1)c1c(F)cccc1Cl. The minimum absolute atomic E-state index is 0.0334. The summed E-state index contributed by atoms with van der Waals surface area (Å²) in [6.45, 7) is 1.47. The fraction of sp³-hybridized carbons (Fsp3) is 0.263. The van der Waals surface area contributed by atoms with E-state index in [1.54, 1.807) is 29.2 Å². The summed E-state index contributed by atoms with van der Waals surface area (Å²) in [5.41, 5.74) is 0.199. The van der Waals surface area contributed by atoms with E-state index in [1.807, 2.05) is 0 Å². The Hall–Kier alpha value is -2.60. The molecular formula is C19H18ClFN2O3. The molecule has 1 heterocycles. The van der Waals surface area contributed by atoms with Crippen LogP contribution >= 0.6 is 11.6 Å². The lowest BCUT2D eigenvalue weighted by atomic mass is 10.2. The summed E-state index contributed by atoms with van der Waals surface area (Å²) in [5, 5.41) is 2.62. The first-order valence-corrected chi connectivity index (χ1v) is 8.68. The molecule has 0 atom stereocenters. The molecule has 0 spiro atoms. The van der Waals surface area contributed by atoms with Crippen LogP contribution in [0, 0.1) is 5.82 Å². The third-order valence-corrected chi connectivity index (χ3v) is 4.42. The normalized spacial score (nSPS) is 13.5. The van der Waals surface area contributed by atoms with Gasteiger partial charge in [0.25, 0.3) is 11.8 Å². The minimum atomic E-state index is -0.696. The summed E-state index contributed by atoms with van der Waals surface area (Å²) < 4.78 is 19.3. The monoisotopic (exact) mass is 376 g/mol. The zero-order chi connectivity index (χ0) is 18.5. The number of ether oxygens (including phenoxy) is 1. The maximum Gasteiger partial charge on any atom is 0.260 e. The molecule has 1 saturated heterocycles. The van der Waals surface area contributed by atoms with Crippen molar-refractivity contribution in [2.24, 2.45) is 0 Å². The topological polar surface area (TPSA) is 58.6 Å². The minimum Gasteiger partial charge on any atom is -0.484 e. The van der Waals surface area contributed by atoms with Gasteiger partial charge in [0, 0.05) is 24.8 Å². The molecule has 1 fully saturated rings. The molecule has 1 aliphatic rings. The highest BCUT2D eigenvalue weighted by atomic mass is 35.5. The van der Waals surface area contributed by atoms with Gasteiger partial charge in [-0.1, -0.05) is 23.7 Å². The van der Waals surface area contributed by atoms with Crippen LogP contribution in [0.2, 0.25) is 5.02 Å². The van der Waals surface area contributed by atoms with E-state index in [1.165, 1.54) is 18.2 Å². The molecule has 7 heteroatoms. The number of carbonyl (C=O) groups is 2. The van der Waals surface area contributed by atoms with Crippen molar-refractivity contribution in [3.05, 3.63) is 58.9 Å². The van der Waals surface area contributed by atoms with Crippen molar-refractivity contribution in [1.82, 2.24) is 4.90 Å². The highest BCUT2D eigenvalue weighted by Crippen LogP contribution is 2.22. The van der Waals surface area contributed by atoms with Crippen molar-refractivity contribution in [2.45, 2.75) is 12.8 Å². The number of anilines is 1. The number of hydrogen-bond donors (Lipinski definition) is 1. The van der Waals surface area contributed by atoms with Gasteiger partial charge in [-0.25, -0.2) is 4.39 Å². The second-order valence-electron chi connectivity index (χ2n) is 5.96. The van der Waals surface area contributed by atoms with Gasteiger partial charge < -0.3 is 15.0 Å². The van der Waals surface area contributed by atoms with Crippen molar-refractivity contribution < 1.29 is 18.7 Å². The van der Waals surface area contributed by atoms with Gasteiger partial charge in [0.05, 0.1) is 10.6 Å². The van der Waals surface area contributed by atoms with Crippen LogP contribution in [0.3, 0.4) is 0 Å². The van der Waals surface area contributed by atoms with Gasteiger partial charge in [0.2, 0.25) is 0 Å². The molecule has 2 aromatic rings. The molecule has 0 unspecified atom stereocenters. The van der Waals surface area contributed by atoms with Crippen LogP contribution in [-0.2, 0) is 4.79 Å².